The zero-order valence-electron chi connectivity index (χ0n) is 11.4. The first-order valence-corrected chi connectivity index (χ1v) is 6.81. The average Bonchev–Trinajstić information content (AvgIpc) is 2.74. The SMILES string of the molecule is CN(C)CC1CCCN1c1cc(C(F)(F)F)cc(Cl)n1. The molecule has 1 aliphatic rings. The molecule has 2 heterocycles. The third-order valence-electron chi connectivity index (χ3n) is 3.36. The Kier molecular flexibility index (Phi) is 4.44. The predicted molar refractivity (Wildman–Crippen MR) is 73.2 cm³/mol. The summed E-state index contributed by atoms with van der Waals surface area (Å²) in [5.74, 6) is 0.314. The third kappa shape index (κ3) is 3.55. The minimum absolute atomic E-state index is 0.120. The molecule has 0 radical (unpaired) electrons. The fourth-order valence-electron chi connectivity index (χ4n) is 2.54. The van der Waals surface area contributed by atoms with Gasteiger partial charge >= 0.3 is 6.18 Å². The summed E-state index contributed by atoms with van der Waals surface area (Å²) < 4.78 is 38.5. The lowest BCUT2D eigenvalue weighted by molar-refractivity contribution is -0.137. The van der Waals surface area contributed by atoms with Gasteiger partial charge in [0, 0.05) is 19.1 Å². The van der Waals surface area contributed by atoms with Crippen LogP contribution in [0.15, 0.2) is 12.1 Å². The Labute approximate surface area is 121 Å². The fourth-order valence-corrected chi connectivity index (χ4v) is 2.75. The lowest BCUT2D eigenvalue weighted by atomic mass is 10.2. The first kappa shape index (κ1) is 15.4. The summed E-state index contributed by atoms with van der Waals surface area (Å²) in [5.41, 5.74) is -0.747. The zero-order valence-corrected chi connectivity index (χ0v) is 12.2. The van der Waals surface area contributed by atoms with Crippen molar-refractivity contribution >= 4 is 17.4 Å². The van der Waals surface area contributed by atoms with Crippen LogP contribution >= 0.6 is 11.6 Å². The van der Waals surface area contributed by atoms with Crippen molar-refractivity contribution in [3.8, 4) is 0 Å². The molecule has 0 bridgehead atoms. The molecule has 7 heteroatoms. The third-order valence-corrected chi connectivity index (χ3v) is 3.55. The highest BCUT2D eigenvalue weighted by Gasteiger charge is 2.33. The maximum absolute atomic E-state index is 12.8. The Hall–Kier alpha value is -1.01. The Morgan fingerprint density at radius 1 is 1.40 bits per heavy atom. The molecule has 3 nitrogen and oxygen atoms in total. The predicted octanol–water partition coefficient (Wildman–Crippen LogP) is 3.28. The van der Waals surface area contributed by atoms with E-state index in [4.69, 9.17) is 11.6 Å². The standard InChI is InChI=1S/C13H17ClF3N3/c1-19(2)8-10-4-3-5-20(10)12-7-9(13(15,16)17)6-11(14)18-12/h6-7,10H,3-5,8H2,1-2H3. The molecule has 0 saturated carbocycles. The van der Waals surface area contributed by atoms with Gasteiger partial charge in [-0.15, -0.1) is 0 Å². The van der Waals surface area contributed by atoms with Gasteiger partial charge in [0.15, 0.2) is 0 Å². The van der Waals surface area contributed by atoms with Crippen LogP contribution in [0.4, 0.5) is 19.0 Å². The Morgan fingerprint density at radius 3 is 2.70 bits per heavy atom. The molecule has 2 rings (SSSR count). The molecule has 0 N–H and O–H groups in total. The second kappa shape index (κ2) is 5.77. The van der Waals surface area contributed by atoms with Crippen molar-refractivity contribution < 1.29 is 13.2 Å². The van der Waals surface area contributed by atoms with E-state index in [1.165, 1.54) is 0 Å². The summed E-state index contributed by atoms with van der Waals surface area (Å²) in [5, 5.41) is -0.120. The second-order valence-electron chi connectivity index (χ2n) is 5.29. The van der Waals surface area contributed by atoms with Gasteiger partial charge in [0.2, 0.25) is 0 Å². The van der Waals surface area contributed by atoms with Crippen molar-refractivity contribution in [2.24, 2.45) is 0 Å². The maximum Gasteiger partial charge on any atom is 0.416 e. The number of pyridine rings is 1. The van der Waals surface area contributed by atoms with Crippen LogP contribution in [0.3, 0.4) is 0 Å². The van der Waals surface area contributed by atoms with E-state index in [-0.39, 0.29) is 11.2 Å². The number of halogens is 4. The van der Waals surface area contributed by atoms with E-state index in [0.29, 0.717) is 12.4 Å². The molecule has 1 aliphatic heterocycles. The molecule has 112 valence electrons. The number of nitrogens with zero attached hydrogens (tertiary/aromatic N) is 3. The number of anilines is 1. The van der Waals surface area contributed by atoms with Crippen LogP contribution in [0.25, 0.3) is 0 Å². The minimum Gasteiger partial charge on any atom is -0.352 e. The summed E-state index contributed by atoms with van der Waals surface area (Å²) in [6.45, 7) is 1.50. The molecule has 1 fully saturated rings. The van der Waals surface area contributed by atoms with Crippen LogP contribution < -0.4 is 4.90 Å². The summed E-state index contributed by atoms with van der Waals surface area (Å²) in [6.07, 6.45) is -2.50. The van der Waals surface area contributed by atoms with Crippen LogP contribution in [-0.2, 0) is 6.18 Å². The number of aromatic nitrogens is 1. The van der Waals surface area contributed by atoms with Crippen LogP contribution in [-0.4, -0.2) is 43.1 Å². The Balaban J connectivity index is 2.30. The van der Waals surface area contributed by atoms with Crippen LogP contribution in [0, 0.1) is 0 Å². The number of hydrogen-bond acceptors (Lipinski definition) is 3. The highest BCUT2D eigenvalue weighted by molar-refractivity contribution is 6.29. The first-order chi connectivity index (χ1) is 9.27. The molecule has 0 aromatic carbocycles. The van der Waals surface area contributed by atoms with E-state index in [1.807, 2.05) is 23.9 Å². The Morgan fingerprint density at radius 2 is 2.10 bits per heavy atom. The first-order valence-electron chi connectivity index (χ1n) is 6.43. The largest absolute Gasteiger partial charge is 0.416 e. The number of likely N-dealkylation sites (N-methyl/N-ethyl adjacent to an activating group) is 1. The molecule has 1 aromatic rings. The molecule has 1 saturated heterocycles. The molecular weight excluding hydrogens is 291 g/mol. The van der Waals surface area contributed by atoms with E-state index in [9.17, 15) is 13.2 Å². The van der Waals surface area contributed by atoms with Gasteiger partial charge in [0.05, 0.1) is 5.56 Å². The van der Waals surface area contributed by atoms with Gasteiger partial charge < -0.3 is 9.80 Å². The van der Waals surface area contributed by atoms with E-state index in [0.717, 1.165) is 31.5 Å². The molecular formula is C13H17ClF3N3. The molecule has 1 aromatic heterocycles. The molecule has 0 amide bonds. The quantitative estimate of drug-likeness (QED) is 0.799. The lowest BCUT2D eigenvalue weighted by Crippen LogP contribution is -2.38. The topological polar surface area (TPSA) is 19.4 Å². The van der Waals surface area contributed by atoms with Crippen LogP contribution in [0.5, 0.6) is 0 Å². The number of alkyl halides is 3. The van der Waals surface area contributed by atoms with Crippen molar-refractivity contribution in [3.63, 3.8) is 0 Å². The molecule has 1 unspecified atom stereocenters. The van der Waals surface area contributed by atoms with E-state index in [2.05, 4.69) is 4.98 Å². The van der Waals surface area contributed by atoms with Crippen molar-refractivity contribution in [1.29, 1.82) is 0 Å². The molecule has 1 atom stereocenters. The van der Waals surface area contributed by atoms with Gasteiger partial charge in [-0.3, -0.25) is 0 Å². The smallest absolute Gasteiger partial charge is 0.352 e. The van der Waals surface area contributed by atoms with E-state index in [1.54, 1.807) is 0 Å². The molecule has 0 spiro atoms. The van der Waals surface area contributed by atoms with Crippen molar-refractivity contribution in [2.45, 2.75) is 25.1 Å². The summed E-state index contributed by atoms with van der Waals surface area (Å²) in [4.78, 5) is 8.00. The van der Waals surface area contributed by atoms with Gasteiger partial charge in [-0.25, -0.2) is 4.98 Å². The van der Waals surface area contributed by atoms with Gasteiger partial charge in [0.1, 0.15) is 11.0 Å². The summed E-state index contributed by atoms with van der Waals surface area (Å²) in [6, 6.07) is 2.12. The van der Waals surface area contributed by atoms with Crippen LogP contribution in [0.2, 0.25) is 5.15 Å². The summed E-state index contributed by atoms with van der Waals surface area (Å²) >= 11 is 5.74. The normalized spacial score (nSPS) is 19.9. The number of hydrogen-bond donors (Lipinski definition) is 0. The van der Waals surface area contributed by atoms with E-state index >= 15 is 0 Å². The fraction of sp³-hybridized carbons (Fsp3) is 0.615. The van der Waals surface area contributed by atoms with Crippen molar-refractivity contribution in [2.75, 3.05) is 32.1 Å². The minimum atomic E-state index is -4.40. The Bertz CT molecular complexity index is 476. The van der Waals surface area contributed by atoms with Gasteiger partial charge in [0.25, 0.3) is 0 Å². The molecule has 20 heavy (non-hydrogen) atoms. The maximum atomic E-state index is 12.8. The van der Waals surface area contributed by atoms with Gasteiger partial charge in [-0.1, -0.05) is 11.6 Å². The zero-order chi connectivity index (χ0) is 14.9. The average molecular weight is 308 g/mol. The number of rotatable bonds is 3. The summed E-state index contributed by atoms with van der Waals surface area (Å²) in [7, 11) is 3.89. The molecule has 0 aliphatic carbocycles. The highest BCUT2D eigenvalue weighted by atomic mass is 35.5. The van der Waals surface area contributed by atoms with Crippen molar-refractivity contribution in [1.82, 2.24) is 9.88 Å². The van der Waals surface area contributed by atoms with E-state index < -0.39 is 11.7 Å². The monoisotopic (exact) mass is 307 g/mol. The van der Waals surface area contributed by atoms with Gasteiger partial charge in [-0.2, -0.15) is 13.2 Å². The van der Waals surface area contributed by atoms with Crippen LogP contribution in [0.1, 0.15) is 18.4 Å². The van der Waals surface area contributed by atoms with Gasteiger partial charge in [-0.05, 0) is 39.1 Å². The highest BCUT2D eigenvalue weighted by Crippen LogP contribution is 2.34. The second-order valence-corrected chi connectivity index (χ2v) is 5.67. The lowest BCUT2D eigenvalue weighted by Gasteiger charge is -2.28. The van der Waals surface area contributed by atoms with Crippen molar-refractivity contribution in [3.05, 3.63) is 22.8 Å².